The lowest BCUT2D eigenvalue weighted by Crippen LogP contribution is -2.37. The molecule has 0 aliphatic rings. The third kappa shape index (κ3) is 5.83. The highest BCUT2D eigenvalue weighted by Gasteiger charge is 2.16. The minimum atomic E-state index is -0.0993. The van der Waals surface area contributed by atoms with Crippen molar-refractivity contribution < 1.29 is 9.53 Å². The molecule has 4 nitrogen and oxygen atoms in total. The molecule has 0 unspecified atom stereocenters. The van der Waals surface area contributed by atoms with Gasteiger partial charge in [0.1, 0.15) is 5.75 Å². The normalized spacial score (nSPS) is 12.8. The summed E-state index contributed by atoms with van der Waals surface area (Å²) < 4.78 is 5.25. The number of amides is 1. The van der Waals surface area contributed by atoms with E-state index >= 15 is 0 Å². The van der Waals surface area contributed by atoms with Crippen molar-refractivity contribution in [1.82, 2.24) is 10.6 Å². The first-order valence-electron chi connectivity index (χ1n) is 9.54. The van der Waals surface area contributed by atoms with E-state index in [1.165, 1.54) is 0 Å². The number of hydrogen-bond acceptors (Lipinski definition) is 3. The molecule has 0 heterocycles. The number of halogens is 1. The molecular weight excluding hydrogens is 384 g/mol. The molecule has 2 N–H and O–H groups in total. The molecule has 29 heavy (non-hydrogen) atoms. The summed E-state index contributed by atoms with van der Waals surface area (Å²) in [6, 6.07) is 25.3. The Morgan fingerprint density at radius 2 is 1.48 bits per heavy atom. The van der Waals surface area contributed by atoms with Crippen LogP contribution in [0.1, 0.15) is 35.7 Å². The molecule has 0 aliphatic carbocycles. The van der Waals surface area contributed by atoms with Gasteiger partial charge in [0.05, 0.1) is 25.7 Å². The quantitative estimate of drug-likeness (QED) is 0.557. The molecular formula is C24H25ClN2O2. The smallest absolute Gasteiger partial charge is 0.234 e. The molecule has 0 spiro atoms. The van der Waals surface area contributed by atoms with Gasteiger partial charge >= 0.3 is 0 Å². The van der Waals surface area contributed by atoms with Gasteiger partial charge in [0.15, 0.2) is 0 Å². The summed E-state index contributed by atoms with van der Waals surface area (Å²) >= 11 is 5.94. The molecule has 5 heteroatoms. The molecule has 0 saturated carbocycles. The van der Waals surface area contributed by atoms with Crippen LogP contribution in [0.4, 0.5) is 0 Å². The van der Waals surface area contributed by atoms with Crippen molar-refractivity contribution >= 4 is 17.5 Å². The highest BCUT2D eigenvalue weighted by molar-refractivity contribution is 6.30. The Labute approximate surface area is 176 Å². The molecule has 0 saturated heterocycles. The standard InChI is InChI=1S/C24H25ClN2O2/c1-17(18-8-12-21(25)13-9-18)27-23(28)16-26-24(19-6-4-3-5-7-19)20-10-14-22(29-2)15-11-20/h3-15,17,24,26H,16H2,1-2H3,(H,27,28)/t17-,24+/m1/s1. The zero-order chi connectivity index (χ0) is 20.6. The van der Waals surface area contributed by atoms with Gasteiger partial charge in [-0.2, -0.15) is 0 Å². The van der Waals surface area contributed by atoms with Crippen molar-refractivity contribution in [2.75, 3.05) is 13.7 Å². The number of carbonyl (C=O) groups excluding carboxylic acids is 1. The van der Waals surface area contributed by atoms with Gasteiger partial charge < -0.3 is 10.1 Å². The molecule has 3 aromatic carbocycles. The first kappa shape index (κ1) is 20.9. The Balaban J connectivity index is 1.67. The van der Waals surface area contributed by atoms with Gasteiger partial charge in [0.25, 0.3) is 0 Å². The highest BCUT2D eigenvalue weighted by Crippen LogP contribution is 2.24. The molecule has 0 radical (unpaired) electrons. The second kappa shape index (κ2) is 10.1. The number of nitrogens with one attached hydrogen (secondary N) is 2. The Bertz CT molecular complexity index is 912. The van der Waals surface area contributed by atoms with Crippen LogP contribution in [0.25, 0.3) is 0 Å². The van der Waals surface area contributed by atoms with E-state index in [1.807, 2.05) is 73.7 Å². The van der Waals surface area contributed by atoms with E-state index in [4.69, 9.17) is 16.3 Å². The van der Waals surface area contributed by atoms with E-state index in [0.29, 0.717) is 5.02 Å². The van der Waals surface area contributed by atoms with Crippen LogP contribution >= 0.6 is 11.6 Å². The maximum absolute atomic E-state index is 12.5. The minimum Gasteiger partial charge on any atom is -0.497 e. The Morgan fingerprint density at radius 1 is 0.897 bits per heavy atom. The van der Waals surface area contributed by atoms with Crippen LogP contribution < -0.4 is 15.4 Å². The average molecular weight is 409 g/mol. The second-order valence-corrected chi connectivity index (χ2v) is 7.27. The van der Waals surface area contributed by atoms with Crippen molar-refractivity contribution in [3.8, 4) is 5.75 Å². The summed E-state index contributed by atoms with van der Waals surface area (Å²) in [5, 5.41) is 7.09. The zero-order valence-electron chi connectivity index (χ0n) is 16.6. The van der Waals surface area contributed by atoms with Gasteiger partial charge in [-0.25, -0.2) is 0 Å². The second-order valence-electron chi connectivity index (χ2n) is 6.84. The van der Waals surface area contributed by atoms with E-state index < -0.39 is 0 Å². The number of benzene rings is 3. The lowest BCUT2D eigenvalue weighted by atomic mass is 9.98. The predicted molar refractivity (Wildman–Crippen MR) is 117 cm³/mol. The van der Waals surface area contributed by atoms with E-state index in [-0.39, 0.29) is 24.5 Å². The van der Waals surface area contributed by atoms with E-state index in [2.05, 4.69) is 22.8 Å². The summed E-state index contributed by atoms with van der Waals surface area (Å²) in [7, 11) is 1.65. The first-order valence-corrected chi connectivity index (χ1v) is 9.91. The molecule has 1 amide bonds. The van der Waals surface area contributed by atoms with Crippen LogP contribution in [-0.2, 0) is 4.79 Å². The van der Waals surface area contributed by atoms with E-state index in [0.717, 1.165) is 22.4 Å². The third-order valence-corrected chi connectivity index (χ3v) is 5.05. The van der Waals surface area contributed by atoms with Crippen molar-refractivity contribution in [3.63, 3.8) is 0 Å². The average Bonchev–Trinajstić information content (AvgIpc) is 2.75. The maximum atomic E-state index is 12.5. The van der Waals surface area contributed by atoms with Gasteiger partial charge in [-0.1, -0.05) is 66.2 Å². The molecule has 3 aromatic rings. The van der Waals surface area contributed by atoms with Crippen LogP contribution in [-0.4, -0.2) is 19.6 Å². The van der Waals surface area contributed by atoms with Crippen LogP contribution in [0.15, 0.2) is 78.9 Å². The fourth-order valence-corrected chi connectivity index (χ4v) is 3.32. The lowest BCUT2D eigenvalue weighted by Gasteiger charge is -2.21. The fourth-order valence-electron chi connectivity index (χ4n) is 3.19. The number of rotatable bonds is 8. The summed E-state index contributed by atoms with van der Waals surface area (Å²) in [6.45, 7) is 2.16. The maximum Gasteiger partial charge on any atom is 0.234 e. The predicted octanol–water partition coefficient (Wildman–Crippen LogP) is 4.91. The van der Waals surface area contributed by atoms with E-state index in [9.17, 15) is 4.79 Å². The highest BCUT2D eigenvalue weighted by atomic mass is 35.5. The van der Waals surface area contributed by atoms with Gasteiger partial charge in [0, 0.05) is 5.02 Å². The van der Waals surface area contributed by atoms with Crippen molar-refractivity contribution in [2.24, 2.45) is 0 Å². The number of methoxy groups -OCH3 is 1. The monoisotopic (exact) mass is 408 g/mol. The van der Waals surface area contributed by atoms with Crippen molar-refractivity contribution in [2.45, 2.75) is 19.0 Å². The molecule has 0 fully saturated rings. The van der Waals surface area contributed by atoms with Crippen molar-refractivity contribution in [3.05, 3.63) is 101 Å². The number of carbonyl (C=O) groups is 1. The van der Waals surface area contributed by atoms with E-state index in [1.54, 1.807) is 7.11 Å². The SMILES string of the molecule is COc1ccc([C@@H](NCC(=O)N[C@H](C)c2ccc(Cl)cc2)c2ccccc2)cc1. The molecule has 0 bridgehead atoms. The molecule has 2 atom stereocenters. The molecule has 150 valence electrons. The first-order chi connectivity index (χ1) is 14.1. The van der Waals surface area contributed by atoms with Gasteiger partial charge in [-0.15, -0.1) is 0 Å². The topological polar surface area (TPSA) is 50.4 Å². The van der Waals surface area contributed by atoms with Gasteiger partial charge in [0.2, 0.25) is 5.91 Å². The fraction of sp³-hybridized carbons (Fsp3) is 0.208. The largest absolute Gasteiger partial charge is 0.497 e. The molecule has 0 aliphatic heterocycles. The van der Waals surface area contributed by atoms with Gasteiger partial charge in [-0.3, -0.25) is 10.1 Å². The van der Waals surface area contributed by atoms with Crippen LogP contribution in [0.2, 0.25) is 5.02 Å². The van der Waals surface area contributed by atoms with Crippen molar-refractivity contribution in [1.29, 1.82) is 0 Å². The summed E-state index contributed by atoms with van der Waals surface area (Å²) in [4.78, 5) is 12.5. The lowest BCUT2D eigenvalue weighted by molar-refractivity contribution is -0.121. The Kier molecular flexibility index (Phi) is 7.28. The van der Waals surface area contributed by atoms with Gasteiger partial charge in [-0.05, 0) is 47.9 Å². The Hall–Kier alpha value is -2.82. The summed E-state index contributed by atoms with van der Waals surface area (Å²) in [5.74, 6) is 0.733. The number of hydrogen-bond donors (Lipinski definition) is 2. The van der Waals surface area contributed by atoms with Crippen LogP contribution in [0.3, 0.4) is 0 Å². The molecule has 0 aromatic heterocycles. The minimum absolute atomic E-state index is 0.0677. The summed E-state index contributed by atoms with van der Waals surface area (Å²) in [5.41, 5.74) is 3.17. The zero-order valence-corrected chi connectivity index (χ0v) is 17.3. The van der Waals surface area contributed by atoms with Crippen LogP contribution in [0.5, 0.6) is 5.75 Å². The summed E-state index contributed by atoms with van der Waals surface area (Å²) in [6.07, 6.45) is 0. The molecule has 3 rings (SSSR count). The van der Waals surface area contributed by atoms with Crippen LogP contribution in [0, 0.1) is 0 Å². The number of ether oxygens (including phenoxy) is 1. The third-order valence-electron chi connectivity index (χ3n) is 4.80. The Morgan fingerprint density at radius 3 is 2.10 bits per heavy atom.